The molecule has 0 radical (unpaired) electrons. The van der Waals surface area contributed by atoms with E-state index in [1.54, 1.807) is 0 Å². The van der Waals surface area contributed by atoms with Crippen molar-refractivity contribution in [3.63, 3.8) is 0 Å². The van der Waals surface area contributed by atoms with E-state index >= 15 is 0 Å². The molecule has 2 heterocycles. The Kier molecular flexibility index (Phi) is 6.03. The molecule has 0 fully saturated rings. The highest BCUT2D eigenvalue weighted by Gasteiger charge is 2.21. The summed E-state index contributed by atoms with van der Waals surface area (Å²) in [7, 11) is 0. The zero-order valence-corrected chi connectivity index (χ0v) is 25.2. The van der Waals surface area contributed by atoms with Gasteiger partial charge in [0.05, 0.1) is 0 Å². The highest BCUT2D eigenvalue weighted by atomic mass is 32.1. The van der Waals surface area contributed by atoms with E-state index in [-0.39, 0.29) is 0 Å². The van der Waals surface area contributed by atoms with Gasteiger partial charge < -0.3 is 9.32 Å². The molecule has 0 spiro atoms. The van der Waals surface area contributed by atoms with Crippen molar-refractivity contribution in [2.45, 2.75) is 0 Å². The highest BCUT2D eigenvalue weighted by molar-refractivity contribution is 7.26. The third-order valence-electron chi connectivity index (χ3n) is 8.66. The molecule has 9 rings (SSSR count). The first-order valence-corrected chi connectivity index (χ1v) is 16.0. The van der Waals surface area contributed by atoms with Gasteiger partial charge >= 0.3 is 0 Å². The van der Waals surface area contributed by atoms with Gasteiger partial charge in [-0.3, -0.25) is 0 Å². The Bertz CT molecular complexity index is 2470. The number of hydrogen-bond donors (Lipinski definition) is 0. The maximum Gasteiger partial charge on any atom is 0.143 e. The summed E-state index contributed by atoms with van der Waals surface area (Å²) in [5.74, 6) is 0. The van der Waals surface area contributed by atoms with E-state index in [9.17, 15) is 0 Å². The van der Waals surface area contributed by atoms with Gasteiger partial charge in [-0.2, -0.15) is 0 Å². The van der Waals surface area contributed by atoms with Crippen molar-refractivity contribution in [3.05, 3.63) is 164 Å². The topological polar surface area (TPSA) is 16.4 Å². The van der Waals surface area contributed by atoms with Gasteiger partial charge in [0.1, 0.15) is 11.2 Å². The molecule has 0 atom stereocenters. The lowest BCUT2D eigenvalue weighted by Crippen LogP contribution is -2.10. The van der Waals surface area contributed by atoms with Crippen LogP contribution in [0.1, 0.15) is 0 Å². The Hall–Kier alpha value is -5.64. The molecule has 0 saturated heterocycles. The summed E-state index contributed by atoms with van der Waals surface area (Å²) in [5, 5.41) is 4.80. The van der Waals surface area contributed by atoms with Crippen LogP contribution in [0.25, 0.3) is 64.4 Å². The molecule has 0 aliphatic carbocycles. The third kappa shape index (κ3) is 4.32. The van der Waals surface area contributed by atoms with Gasteiger partial charge in [0.25, 0.3) is 0 Å². The normalized spacial score (nSPS) is 11.6. The number of rotatable bonds is 5. The average Bonchev–Trinajstić information content (AvgIpc) is 3.68. The Morgan fingerprint density at radius 2 is 1.07 bits per heavy atom. The van der Waals surface area contributed by atoms with Crippen molar-refractivity contribution >= 4 is 70.5 Å². The lowest BCUT2D eigenvalue weighted by atomic mass is 9.98. The van der Waals surface area contributed by atoms with Crippen LogP contribution in [-0.2, 0) is 0 Å². The minimum atomic E-state index is 0.896. The molecule has 0 N–H and O–H groups in total. The monoisotopic (exact) mass is 593 g/mol. The predicted octanol–water partition coefficient (Wildman–Crippen LogP) is 12.8. The van der Waals surface area contributed by atoms with Gasteiger partial charge in [0.2, 0.25) is 0 Å². The maximum atomic E-state index is 6.66. The van der Waals surface area contributed by atoms with Gasteiger partial charge in [-0.1, -0.05) is 115 Å². The van der Waals surface area contributed by atoms with Crippen LogP contribution in [0.2, 0.25) is 0 Å². The van der Waals surface area contributed by atoms with E-state index in [4.69, 9.17) is 4.42 Å². The SMILES string of the molecule is c1ccc(-c2ccc(N(c3ccccc3)c3cc(-c4cccc5c4sc4ccccc45)c4oc5ccccc5c4c3)cc2)cc1. The number of anilines is 3. The standard InChI is InChI=1S/C42H27NOS/c1-3-12-28(13-4-1)29-22-24-31(25-23-29)43(30-14-5-2-6-15-30)32-26-37-33-16-7-9-20-39(33)44-41(37)38(27-32)36-19-11-18-35-34-17-8-10-21-40(34)45-42(35)36/h1-27H. The van der Waals surface area contributed by atoms with Gasteiger partial charge in [0.15, 0.2) is 0 Å². The molecule has 7 aromatic carbocycles. The molecular formula is C42H27NOS. The number of hydrogen-bond acceptors (Lipinski definition) is 3. The lowest BCUT2D eigenvalue weighted by Gasteiger charge is -2.26. The van der Waals surface area contributed by atoms with Crippen LogP contribution in [0.4, 0.5) is 17.1 Å². The summed E-state index contributed by atoms with van der Waals surface area (Å²) in [6.07, 6.45) is 0. The van der Waals surface area contributed by atoms with Crippen LogP contribution < -0.4 is 4.90 Å². The van der Waals surface area contributed by atoms with E-state index < -0.39 is 0 Å². The summed E-state index contributed by atoms with van der Waals surface area (Å²) in [5.41, 5.74) is 9.78. The minimum Gasteiger partial charge on any atom is -0.455 e. The van der Waals surface area contributed by atoms with Crippen molar-refractivity contribution in [1.29, 1.82) is 0 Å². The van der Waals surface area contributed by atoms with Crippen molar-refractivity contribution in [2.24, 2.45) is 0 Å². The molecule has 0 aliphatic heterocycles. The number of benzene rings is 7. The zero-order chi connectivity index (χ0) is 29.7. The van der Waals surface area contributed by atoms with Crippen molar-refractivity contribution < 1.29 is 4.42 Å². The second-order valence-corrected chi connectivity index (χ2v) is 12.4. The first kappa shape index (κ1) is 25.8. The number of para-hydroxylation sites is 2. The van der Waals surface area contributed by atoms with E-state index in [0.29, 0.717) is 0 Å². The number of nitrogens with zero attached hydrogens (tertiary/aromatic N) is 1. The van der Waals surface area contributed by atoms with Crippen LogP contribution in [0.5, 0.6) is 0 Å². The van der Waals surface area contributed by atoms with Crippen LogP contribution >= 0.6 is 11.3 Å². The van der Waals surface area contributed by atoms with Crippen molar-refractivity contribution in [1.82, 2.24) is 0 Å². The molecule has 0 amide bonds. The fraction of sp³-hybridized carbons (Fsp3) is 0. The molecule has 3 heteroatoms. The van der Waals surface area contributed by atoms with Gasteiger partial charge in [-0.25, -0.2) is 0 Å². The minimum absolute atomic E-state index is 0.896. The summed E-state index contributed by atoms with van der Waals surface area (Å²) in [6.45, 7) is 0. The second-order valence-electron chi connectivity index (χ2n) is 11.3. The van der Waals surface area contributed by atoms with E-state index in [1.165, 1.54) is 36.9 Å². The van der Waals surface area contributed by atoms with E-state index in [0.717, 1.165) is 44.6 Å². The molecule has 2 nitrogen and oxygen atoms in total. The lowest BCUT2D eigenvalue weighted by molar-refractivity contribution is 0.670. The molecule has 0 saturated carbocycles. The van der Waals surface area contributed by atoms with Crippen LogP contribution in [0, 0.1) is 0 Å². The first-order chi connectivity index (χ1) is 22.3. The zero-order valence-electron chi connectivity index (χ0n) is 24.4. The number of furan rings is 1. The second kappa shape index (κ2) is 10.5. The maximum absolute atomic E-state index is 6.66. The number of thiophene rings is 1. The Balaban J connectivity index is 1.31. The molecule has 0 bridgehead atoms. The summed E-state index contributed by atoms with van der Waals surface area (Å²) in [4.78, 5) is 2.35. The number of fused-ring (bicyclic) bond motifs is 6. The third-order valence-corrected chi connectivity index (χ3v) is 9.88. The molecule has 0 unspecified atom stereocenters. The summed E-state index contributed by atoms with van der Waals surface area (Å²) in [6, 6.07) is 58.3. The van der Waals surface area contributed by atoms with Crippen molar-refractivity contribution in [2.75, 3.05) is 4.90 Å². The molecular weight excluding hydrogens is 567 g/mol. The van der Waals surface area contributed by atoms with E-state index in [2.05, 4.69) is 163 Å². The molecule has 0 aliphatic rings. The molecule has 9 aromatic rings. The largest absolute Gasteiger partial charge is 0.455 e. The van der Waals surface area contributed by atoms with Gasteiger partial charge in [0, 0.05) is 59.1 Å². The van der Waals surface area contributed by atoms with Gasteiger partial charge in [-0.05, 0) is 59.7 Å². The smallest absolute Gasteiger partial charge is 0.143 e. The average molecular weight is 594 g/mol. The fourth-order valence-electron chi connectivity index (χ4n) is 6.56. The fourth-order valence-corrected chi connectivity index (χ4v) is 7.79. The van der Waals surface area contributed by atoms with Crippen LogP contribution in [-0.4, -0.2) is 0 Å². The van der Waals surface area contributed by atoms with E-state index in [1.807, 2.05) is 17.4 Å². The highest BCUT2D eigenvalue weighted by Crippen LogP contribution is 2.47. The van der Waals surface area contributed by atoms with Gasteiger partial charge in [-0.15, -0.1) is 11.3 Å². The molecule has 45 heavy (non-hydrogen) atoms. The molecule has 2 aromatic heterocycles. The Labute approximate surface area is 265 Å². The predicted molar refractivity (Wildman–Crippen MR) is 192 cm³/mol. The summed E-state index contributed by atoms with van der Waals surface area (Å²) >= 11 is 1.85. The Morgan fingerprint density at radius 3 is 1.89 bits per heavy atom. The van der Waals surface area contributed by atoms with Crippen LogP contribution in [0.15, 0.2) is 168 Å². The Morgan fingerprint density at radius 1 is 0.422 bits per heavy atom. The van der Waals surface area contributed by atoms with Crippen LogP contribution in [0.3, 0.4) is 0 Å². The first-order valence-electron chi connectivity index (χ1n) is 15.2. The quantitative estimate of drug-likeness (QED) is 0.197. The van der Waals surface area contributed by atoms with Crippen molar-refractivity contribution in [3.8, 4) is 22.3 Å². The summed E-state index contributed by atoms with van der Waals surface area (Å²) < 4.78 is 9.23. The molecule has 212 valence electrons.